The number of fused-ring (bicyclic) bond motifs is 2. The first-order valence-corrected chi connectivity index (χ1v) is 27.8. The molecule has 16 heteroatoms. The molecule has 0 radical (unpaired) electrons. The Hall–Kier alpha value is -4.74. The van der Waals surface area contributed by atoms with Gasteiger partial charge in [0, 0.05) is 18.3 Å². The number of likely N-dealkylation sites (N-methyl/N-ethyl adjacent to an activating group) is 1. The predicted molar refractivity (Wildman–Crippen MR) is 284 cm³/mol. The fourth-order valence-electron chi connectivity index (χ4n) is 10.6. The van der Waals surface area contributed by atoms with Gasteiger partial charge in [0.15, 0.2) is 5.78 Å². The number of hydrogen-bond donors (Lipinski definition) is 4. The van der Waals surface area contributed by atoms with Crippen LogP contribution in [-0.2, 0) is 51.5 Å². The molecule has 0 aliphatic carbocycles. The highest BCUT2D eigenvalue weighted by Crippen LogP contribution is 2.48. The number of ketones is 1. The van der Waals surface area contributed by atoms with Crippen LogP contribution in [-0.4, -0.2) is 118 Å². The van der Waals surface area contributed by atoms with E-state index in [1.165, 1.54) is 0 Å². The van der Waals surface area contributed by atoms with Crippen molar-refractivity contribution in [2.75, 3.05) is 31.8 Å². The summed E-state index contributed by atoms with van der Waals surface area (Å²) < 4.78 is 12.7. The van der Waals surface area contributed by atoms with Crippen molar-refractivity contribution < 1.29 is 38.2 Å². The van der Waals surface area contributed by atoms with Crippen LogP contribution < -0.4 is 21.3 Å². The Balaban J connectivity index is 0.960. The predicted octanol–water partition coefficient (Wildman–Crippen LogP) is 7.12. The summed E-state index contributed by atoms with van der Waals surface area (Å²) in [6.07, 6.45) is 3.25. The maximum absolute atomic E-state index is 14.6. The molecule has 3 aromatic carbocycles. The summed E-state index contributed by atoms with van der Waals surface area (Å²) in [4.78, 5) is 86.8. The molecule has 4 fully saturated rings. The Labute approximate surface area is 435 Å². The van der Waals surface area contributed by atoms with Gasteiger partial charge in [-0.15, -0.1) is 23.5 Å². The van der Waals surface area contributed by atoms with E-state index in [0.29, 0.717) is 63.4 Å². The number of carbonyl (C=O) groups is 6. The molecule has 390 valence electrons. The standard InChI is InChI=1S/C56H76N6O8S2/c1-9-35(2)50(64)58-42-24-26-72-47-30-56(6,7)49(62(47)54(42)68)52(66)60-44(40-18-14-11-15-19-40)34-70-32-38-22-20-37(21-23-38)31-69-33-41(39-16-12-10-13-17-39)28-45(63)48-55(4,5)29-46-61(48)53(67)43(25-27-71-46)59-51(65)36(3)57-8/h10-23,35-36,41-44,46-49,57H,9,24-34H2,1-8H3,(H,58,64)(H,59,65)(H,60,66)/t35-,36+,41-,42+,43+,44-,46+,47+,48?,49?/m1/s1. The lowest BCUT2D eigenvalue weighted by Crippen LogP contribution is -2.57. The first-order chi connectivity index (χ1) is 34.4. The number of Topliss-reactive ketones (excluding diaryl/α,β-unsaturated/α-hetero) is 1. The first-order valence-electron chi connectivity index (χ1n) is 25.7. The van der Waals surface area contributed by atoms with Crippen molar-refractivity contribution in [3.8, 4) is 0 Å². The van der Waals surface area contributed by atoms with Crippen LogP contribution in [0.25, 0.3) is 0 Å². The topological polar surface area (TPSA) is 175 Å². The van der Waals surface area contributed by atoms with E-state index in [1.54, 1.807) is 47.3 Å². The molecule has 4 N–H and O–H groups in total. The Kier molecular flexibility index (Phi) is 18.7. The lowest BCUT2D eigenvalue weighted by Gasteiger charge is -2.35. The molecule has 14 nitrogen and oxygen atoms in total. The number of carbonyl (C=O) groups excluding carboxylic acids is 6. The van der Waals surface area contributed by atoms with E-state index >= 15 is 0 Å². The number of ether oxygens (including phenoxy) is 2. The van der Waals surface area contributed by atoms with Gasteiger partial charge in [0.2, 0.25) is 29.5 Å². The minimum Gasteiger partial charge on any atom is -0.376 e. The zero-order chi connectivity index (χ0) is 51.7. The normalized spacial score (nSPS) is 25.2. The van der Waals surface area contributed by atoms with Crippen LogP contribution in [0.3, 0.4) is 0 Å². The van der Waals surface area contributed by atoms with E-state index in [0.717, 1.165) is 22.3 Å². The number of benzene rings is 3. The maximum Gasteiger partial charge on any atom is 0.246 e. The molecule has 5 amide bonds. The molecule has 4 aliphatic rings. The van der Waals surface area contributed by atoms with Crippen LogP contribution in [0.5, 0.6) is 0 Å². The average Bonchev–Trinajstić information content (AvgIpc) is 3.69. The number of nitrogens with one attached hydrogen (secondary N) is 4. The van der Waals surface area contributed by atoms with Crippen molar-refractivity contribution in [1.29, 1.82) is 0 Å². The molecular formula is C56H76N6O8S2. The Bertz CT molecular complexity index is 2190. The molecule has 7 rings (SSSR count). The highest BCUT2D eigenvalue weighted by Gasteiger charge is 2.56. The molecule has 10 atom stereocenters. The fraction of sp³-hybridized carbons (Fsp3) is 0.571. The first kappa shape index (κ1) is 55.0. The van der Waals surface area contributed by atoms with Gasteiger partial charge in [0.05, 0.1) is 55.3 Å². The summed E-state index contributed by atoms with van der Waals surface area (Å²) in [5.41, 5.74) is 2.81. The van der Waals surface area contributed by atoms with E-state index in [-0.39, 0.29) is 70.9 Å². The molecule has 2 unspecified atom stereocenters. The largest absolute Gasteiger partial charge is 0.376 e. The molecule has 0 saturated carbocycles. The Morgan fingerprint density at radius 2 is 1.17 bits per heavy atom. The van der Waals surface area contributed by atoms with Crippen molar-refractivity contribution in [2.24, 2.45) is 16.7 Å². The van der Waals surface area contributed by atoms with Crippen LogP contribution in [0.4, 0.5) is 0 Å². The van der Waals surface area contributed by atoms with Crippen LogP contribution in [0.2, 0.25) is 0 Å². The van der Waals surface area contributed by atoms with Crippen LogP contribution in [0, 0.1) is 16.7 Å². The molecule has 3 aromatic rings. The van der Waals surface area contributed by atoms with Crippen molar-refractivity contribution in [2.45, 2.75) is 153 Å². The maximum atomic E-state index is 14.6. The molecule has 0 spiro atoms. The fourth-order valence-corrected chi connectivity index (χ4v) is 13.8. The summed E-state index contributed by atoms with van der Waals surface area (Å²) in [7, 11) is 1.71. The zero-order valence-corrected chi connectivity index (χ0v) is 45.0. The summed E-state index contributed by atoms with van der Waals surface area (Å²) >= 11 is 3.37. The lowest BCUT2D eigenvalue weighted by atomic mass is 9.79. The number of hydrogen-bond acceptors (Lipinski definition) is 11. The van der Waals surface area contributed by atoms with Gasteiger partial charge in [-0.25, -0.2) is 0 Å². The van der Waals surface area contributed by atoms with Crippen molar-refractivity contribution in [1.82, 2.24) is 31.1 Å². The van der Waals surface area contributed by atoms with E-state index in [4.69, 9.17) is 9.47 Å². The van der Waals surface area contributed by atoms with Gasteiger partial charge in [-0.2, -0.15) is 0 Å². The zero-order valence-electron chi connectivity index (χ0n) is 43.3. The molecule has 4 saturated heterocycles. The minimum atomic E-state index is -0.730. The van der Waals surface area contributed by atoms with E-state index in [2.05, 4.69) is 35.1 Å². The third kappa shape index (κ3) is 13.1. The molecule has 0 aromatic heterocycles. The quantitative estimate of drug-likeness (QED) is 0.0855. The second-order valence-corrected chi connectivity index (χ2v) is 24.0. The van der Waals surface area contributed by atoms with Crippen LogP contribution in [0.1, 0.15) is 121 Å². The van der Waals surface area contributed by atoms with Gasteiger partial charge in [0.25, 0.3) is 0 Å². The van der Waals surface area contributed by atoms with Crippen molar-refractivity contribution in [3.63, 3.8) is 0 Å². The van der Waals surface area contributed by atoms with Crippen LogP contribution >= 0.6 is 23.5 Å². The molecule has 4 aliphatic heterocycles. The molecular weight excluding hydrogens is 949 g/mol. The highest BCUT2D eigenvalue weighted by atomic mass is 32.2. The summed E-state index contributed by atoms with van der Waals surface area (Å²) in [5.74, 6) is -0.0780. The Morgan fingerprint density at radius 3 is 1.69 bits per heavy atom. The lowest BCUT2D eigenvalue weighted by molar-refractivity contribution is -0.144. The SMILES string of the molecule is CC[C@@H](C)C(=O)N[C@H]1CCS[C@H]2CC(C)(C)C(C(=O)N[C@H](COCc3ccc(COC[C@@H](CC(=O)C4N5C(=O)[C@@H](NC(=O)[C@H](C)NC)CCS[C@H]5CC4(C)C)c4ccccc4)cc3)c3ccccc3)N2C1=O. The van der Waals surface area contributed by atoms with E-state index in [1.807, 2.05) is 113 Å². The van der Waals surface area contributed by atoms with Gasteiger partial charge in [-0.05, 0) is 90.7 Å². The van der Waals surface area contributed by atoms with Gasteiger partial charge in [0.1, 0.15) is 18.1 Å². The average molecular weight is 1030 g/mol. The number of rotatable bonds is 21. The molecule has 0 bridgehead atoms. The summed E-state index contributed by atoms with van der Waals surface area (Å²) in [5, 5.41) is 11.8. The van der Waals surface area contributed by atoms with Gasteiger partial charge >= 0.3 is 0 Å². The Morgan fingerprint density at radius 1 is 0.681 bits per heavy atom. The third-order valence-corrected chi connectivity index (χ3v) is 17.6. The number of thioether (sulfide) groups is 2. The van der Waals surface area contributed by atoms with Gasteiger partial charge in [-0.1, -0.05) is 126 Å². The van der Waals surface area contributed by atoms with Crippen molar-refractivity contribution >= 4 is 58.8 Å². The number of nitrogens with zero attached hydrogens (tertiary/aromatic N) is 2. The second kappa shape index (κ2) is 24.5. The summed E-state index contributed by atoms with van der Waals surface area (Å²) in [6.45, 7) is 14.9. The van der Waals surface area contributed by atoms with E-state index in [9.17, 15) is 28.8 Å². The summed E-state index contributed by atoms with van der Waals surface area (Å²) in [6, 6.07) is 23.9. The third-order valence-electron chi connectivity index (χ3n) is 15.1. The highest BCUT2D eigenvalue weighted by molar-refractivity contribution is 8.00. The number of amides is 5. The molecule has 72 heavy (non-hydrogen) atoms. The van der Waals surface area contributed by atoms with Crippen molar-refractivity contribution in [3.05, 3.63) is 107 Å². The van der Waals surface area contributed by atoms with Gasteiger partial charge < -0.3 is 40.5 Å². The van der Waals surface area contributed by atoms with E-state index < -0.39 is 47.1 Å². The minimum absolute atomic E-state index is 0.0113. The second-order valence-electron chi connectivity index (χ2n) is 21.4. The van der Waals surface area contributed by atoms with Crippen LogP contribution in [0.15, 0.2) is 84.9 Å². The smallest absolute Gasteiger partial charge is 0.246 e. The molecule has 4 heterocycles. The monoisotopic (exact) mass is 1020 g/mol. The van der Waals surface area contributed by atoms with Gasteiger partial charge in [-0.3, -0.25) is 28.8 Å².